The van der Waals surface area contributed by atoms with Gasteiger partial charge in [0.1, 0.15) is 0 Å². The molecule has 0 radical (unpaired) electrons. The van der Waals surface area contributed by atoms with Crippen LogP contribution in [0.15, 0.2) is 0 Å². The fourth-order valence-electron chi connectivity index (χ4n) is 4.09. The first-order valence-corrected chi connectivity index (χ1v) is 8.35. The van der Waals surface area contributed by atoms with Crippen LogP contribution >= 0.6 is 24.8 Å². The molecule has 0 unspecified atom stereocenters. The third-order valence-corrected chi connectivity index (χ3v) is 5.74. The molecule has 0 aromatic rings. The molecule has 2 heterocycles. The van der Waals surface area contributed by atoms with E-state index < -0.39 is 0 Å². The van der Waals surface area contributed by atoms with Crippen LogP contribution < -0.4 is 5.32 Å². The Kier molecular flexibility index (Phi) is 6.24. The van der Waals surface area contributed by atoms with Gasteiger partial charge >= 0.3 is 0 Å². The smallest absolute Gasteiger partial charge is 0.0512 e. The average molecular weight is 337 g/mol. The first kappa shape index (κ1) is 17.8. The normalized spacial score (nSPS) is 35.7. The van der Waals surface area contributed by atoms with Gasteiger partial charge in [-0.2, -0.15) is 0 Å². The number of likely N-dealkylation sites (tertiary alicyclic amines) is 1. The molecule has 1 N–H and O–H groups in total. The fraction of sp³-hybridized carbons (Fsp3) is 1.00. The van der Waals surface area contributed by atoms with Gasteiger partial charge in [-0.15, -0.1) is 24.8 Å². The third-order valence-electron chi connectivity index (χ3n) is 5.74. The van der Waals surface area contributed by atoms with Gasteiger partial charge in [-0.1, -0.05) is 0 Å². The van der Waals surface area contributed by atoms with Crippen LogP contribution in [0.5, 0.6) is 0 Å². The molecule has 1 spiro atoms. The highest BCUT2D eigenvalue weighted by Gasteiger charge is 2.48. The van der Waals surface area contributed by atoms with E-state index in [1.54, 1.807) is 0 Å². The third kappa shape index (κ3) is 4.26. The molecule has 2 saturated heterocycles. The van der Waals surface area contributed by atoms with Crippen molar-refractivity contribution in [1.82, 2.24) is 10.2 Å². The minimum atomic E-state index is 0. The molecule has 0 aromatic heterocycles. The van der Waals surface area contributed by atoms with Crippen molar-refractivity contribution in [3.05, 3.63) is 0 Å². The molecule has 4 aliphatic rings. The highest BCUT2D eigenvalue weighted by molar-refractivity contribution is 5.85. The number of halogens is 2. The Hall–Kier alpha value is 0.460. The number of rotatable bonds is 6. The van der Waals surface area contributed by atoms with Crippen LogP contribution in [0.25, 0.3) is 0 Å². The molecule has 0 aromatic carbocycles. The molecule has 4 rings (SSSR count). The molecular weight excluding hydrogens is 307 g/mol. The lowest BCUT2D eigenvalue weighted by atomic mass is 9.78. The molecule has 2 aliphatic heterocycles. The predicted octanol–water partition coefficient (Wildman–Crippen LogP) is 2.58. The zero-order valence-corrected chi connectivity index (χ0v) is 14.5. The fourth-order valence-corrected chi connectivity index (χ4v) is 4.09. The van der Waals surface area contributed by atoms with Crippen LogP contribution in [0, 0.1) is 23.2 Å². The van der Waals surface area contributed by atoms with Crippen molar-refractivity contribution in [3.63, 3.8) is 0 Å². The van der Waals surface area contributed by atoms with Gasteiger partial charge in [0.2, 0.25) is 0 Å². The van der Waals surface area contributed by atoms with Crippen molar-refractivity contribution >= 4 is 24.8 Å². The summed E-state index contributed by atoms with van der Waals surface area (Å²) < 4.78 is 6.04. The molecule has 0 bridgehead atoms. The second-order valence-electron chi connectivity index (χ2n) is 7.60. The Morgan fingerprint density at radius 3 is 2.43 bits per heavy atom. The maximum atomic E-state index is 6.04. The molecule has 124 valence electrons. The highest BCUT2D eigenvalue weighted by atomic mass is 35.5. The molecule has 21 heavy (non-hydrogen) atoms. The minimum Gasteiger partial charge on any atom is -0.381 e. The quantitative estimate of drug-likeness (QED) is 0.806. The van der Waals surface area contributed by atoms with Gasteiger partial charge < -0.3 is 15.0 Å². The molecule has 5 heteroatoms. The Morgan fingerprint density at radius 1 is 1.05 bits per heavy atom. The van der Waals surface area contributed by atoms with Gasteiger partial charge in [-0.3, -0.25) is 0 Å². The minimum absolute atomic E-state index is 0. The predicted molar refractivity (Wildman–Crippen MR) is 90.6 cm³/mol. The van der Waals surface area contributed by atoms with Crippen LogP contribution in [-0.2, 0) is 4.74 Å². The lowest BCUT2D eigenvalue weighted by Crippen LogP contribution is -2.35. The largest absolute Gasteiger partial charge is 0.381 e. The summed E-state index contributed by atoms with van der Waals surface area (Å²) in [7, 11) is 0. The molecule has 2 atom stereocenters. The van der Waals surface area contributed by atoms with E-state index in [0.29, 0.717) is 5.41 Å². The standard InChI is InChI=1S/C16H28N2O.2ClH/c1-2-13(1)7-18-8-15(10-19-9-14-3-4-14)16(12-18)5-6-17-11-16;;/h13-15,17H,1-12H2;2*1H/t15-,16+;;/m1../s1. The van der Waals surface area contributed by atoms with Crippen molar-refractivity contribution in [2.45, 2.75) is 32.1 Å². The van der Waals surface area contributed by atoms with Crippen molar-refractivity contribution in [1.29, 1.82) is 0 Å². The van der Waals surface area contributed by atoms with E-state index in [9.17, 15) is 0 Å². The molecule has 0 amide bonds. The van der Waals surface area contributed by atoms with Crippen LogP contribution in [0.1, 0.15) is 32.1 Å². The zero-order valence-electron chi connectivity index (χ0n) is 12.9. The van der Waals surface area contributed by atoms with Crippen molar-refractivity contribution in [2.75, 3.05) is 45.9 Å². The van der Waals surface area contributed by atoms with E-state index in [2.05, 4.69) is 10.2 Å². The number of nitrogens with one attached hydrogen (secondary N) is 1. The van der Waals surface area contributed by atoms with E-state index in [1.165, 1.54) is 64.8 Å². The topological polar surface area (TPSA) is 24.5 Å². The zero-order chi connectivity index (χ0) is 12.7. The van der Waals surface area contributed by atoms with E-state index in [1.807, 2.05) is 0 Å². The first-order chi connectivity index (χ1) is 9.34. The van der Waals surface area contributed by atoms with E-state index in [0.717, 1.165) is 31.0 Å². The summed E-state index contributed by atoms with van der Waals surface area (Å²) in [5, 5.41) is 3.60. The van der Waals surface area contributed by atoms with Gasteiger partial charge in [0.25, 0.3) is 0 Å². The summed E-state index contributed by atoms with van der Waals surface area (Å²) >= 11 is 0. The van der Waals surface area contributed by atoms with E-state index >= 15 is 0 Å². The Morgan fingerprint density at radius 2 is 1.81 bits per heavy atom. The number of nitrogens with zero attached hydrogens (tertiary/aromatic N) is 1. The highest BCUT2D eigenvalue weighted by Crippen LogP contribution is 2.43. The van der Waals surface area contributed by atoms with Crippen LogP contribution in [0.2, 0.25) is 0 Å². The Balaban J connectivity index is 0.000000807. The van der Waals surface area contributed by atoms with E-state index in [4.69, 9.17) is 4.74 Å². The lowest BCUT2D eigenvalue weighted by Gasteiger charge is -2.29. The summed E-state index contributed by atoms with van der Waals surface area (Å²) in [6.45, 7) is 8.47. The van der Waals surface area contributed by atoms with Gasteiger partial charge in [0, 0.05) is 44.1 Å². The SMILES string of the molecule is C1C[C@]2(CN1)CN(CC1CC1)C[C@@H]2COCC1CC1.Cl.Cl. The second-order valence-corrected chi connectivity index (χ2v) is 7.60. The number of hydrogen-bond donors (Lipinski definition) is 1. The monoisotopic (exact) mass is 336 g/mol. The first-order valence-electron chi connectivity index (χ1n) is 8.35. The maximum Gasteiger partial charge on any atom is 0.0512 e. The van der Waals surface area contributed by atoms with Crippen molar-refractivity contribution < 1.29 is 4.74 Å². The van der Waals surface area contributed by atoms with Gasteiger partial charge in [-0.25, -0.2) is 0 Å². The van der Waals surface area contributed by atoms with Gasteiger partial charge in [0.05, 0.1) is 6.61 Å². The van der Waals surface area contributed by atoms with Crippen LogP contribution in [0.4, 0.5) is 0 Å². The Labute approximate surface area is 141 Å². The summed E-state index contributed by atoms with van der Waals surface area (Å²) in [5.74, 6) is 2.71. The Bertz CT molecular complexity index is 328. The average Bonchev–Trinajstić information content (AvgIpc) is 3.31. The molecule has 4 fully saturated rings. The lowest BCUT2D eigenvalue weighted by molar-refractivity contribution is 0.0597. The maximum absolute atomic E-state index is 6.04. The van der Waals surface area contributed by atoms with Crippen LogP contribution in [-0.4, -0.2) is 50.8 Å². The van der Waals surface area contributed by atoms with Crippen molar-refractivity contribution in [3.8, 4) is 0 Å². The summed E-state index contributed by atoms with van der Waals surface area (Å²) in [6.07, 6.45) is 7.14. The summed E-state index contributed by atoms with van der Waals surface area (Å²) in [4.78, 5) is 2.75. The molecule has 2 aliphatic carbocycles. The molecular formula is C16H30Cl2N2O. The second kappa shape index (κ2) is 7.35. The van der Waals surface area contributed by atoms with Crippen LogP contribution in [0.3, 0.4) is 0 Å². The molecule has 2 saturated carbocycles. The summed E-state index contributed by atoms with van der Waals surface area (Å²) in [6, 6.07) is 0. The number of ether oxygens (including phenoxy) is 1. The molecule has 3 nitrogen and oxygen atoms in total. The number of hydrogen-bond acceptors (Lipinski definition) is 3. The van der Waals surface area contributed by atoms with Gasteiger partial charge in [-0.05, 0) is 50.5 Å². The van der Waals surface area contributed by atoms with Gasteiger partial charge in [0.15, 0.2) is 0 Å². The van der Waals surface area contributed by atoms with E-state index in [-0.39, 0.29) is 24.8 Å². The summed E-state index contributed by atoms with van der Waals surface area (Å²) in [5.41, 5.74) is 0.540. The van der Waals surface area contributed by atoms with Crippen molar-refractivity contribution in [2.24, 2.45) is 23.2 Å².